The zero-order chi connectivity index (χ0) is 18.2. The lowest BCUT2D eigenvalue weighted by Gasteiger charge is -2.12. The minimum Gasteiger partial charge on any atom is -0.354 e. The van der Waals surface area contributed by atoms with Crippen LogP contribution in [0.4, 0.5) is 0 Å². The van der Waals surface area contributed by atoms with E-state index in [1.807, 2.05) is 12.5 Å². The lowest BCUT2D eigenvalue weighted by molar-refractivity contribution is -0.123. The molecule has 2 amide bonds. The fourth-order valence-electron chi connectivity index (χ4n) is 1.56. The average molecular weight is 415 g/mol. The number of thioether (sulfide) groups is 2. The molecule has 0 fully saturated rings. The smallest absolute Gasteiger partial charge is 0.236 e. The molecule has 0 aromatic carbocycles. The molecule has 0 saturated carbocycles. The van der Waals surface area contributed by atoms with Crippen molar-refractivity contribution in [3.05, 3.63) is 0 Å². The molecule has 0 saturated heterocycles. The number of hydrogen-bond acceptors (Lipinski definition) is 8. The fraction of sp³-hybridized carbons (Fsp3) is 0.857. The molecule has 0 aliphatic rings. The van der Waals surface area contributed by atoms with E-state index in [2.05, 4.69) is 10.6 Å². The second-order valence-corrected chi connectivity index (χ2v) is 9.68. The molecule has 10 heteroatoms. The van der Waals surface area contributed by atoms with Crippen LogP contribution in [0.15, 0.2) is 0 Å². The number of nitrogens with two attached hydrogens (primary N) is 2. The van der Waals surface area contributed by atoms with Crippen molar-refractivity contribution in [2.24, 2.45) is 11.5 Å². The quantitative estimate of drug-likeness (QED) is 0.230. The minimum atomic E-state index is -0.416. The highest BCUT2D eigenvalue weighted by atomic mass is 33.1. The Morgan fingerprint density at radius 2 is 1.17 bits per heavy atom. The molecule has 2 atom stereocenters. The number of hydrogen-bond donors (Lipinski definition) is 4. The van der Waals surface area contributed by atoms with Gasteiger partial charge >= 0.3 is 0 Å². The maximum Gasteiger partial charge on any atom is 0.236 e. The van der Waals surface area contributed by atoms with Gasteiger partial charge in [0.1, 0.15) is 0 Å². The van der Waals surface area contributed by atoms with Crippen LogP contribution in [0.1, 0.15) is 12.8 Å². The topological polar surface area (TPSA) is 110 Å². The van der Waals surface area contributed by atoms with E-state index >= 15 is 0 Å². The summed E-state index contributed by atoms with van der Waals surface area (Å²) in [5, 5.41) is 5.68. The predicted octanol–water partition coefficient (Wildman–Crippen LogP) is 0.761. The van der Waals surface area contributed by atoms with E-state index < -0.39 is 12.1 Å². The SMILES string of the molecule is CSCCC(N)C(=O)NCCSSCCNC(=O)C(N)CCSC. The molecule has 0 aliphatic heterocycles. The van der Waals surface area contributed by atoms with Gasteiger partial charge in [0.25, 0.3) is 0 Å². The Balaban J connectivity index is 3.48. The van der Waals surface area contributed by atoms with Crippen molar-refractivity contribution in [1.82, 2.24) is 10.6 Å². The van der Waals surface area contributed by atoms with Crippen LogP contribution in [-0.4, -0.2) is 72.5 Å². The minimum absolute atomic E-state index is 0.0823. The van der Waals surface area contributed by atoms with Crippen LogP contribution in [0.2, 0.25) is 0 Å². The Labute approximate surface area is 161 Å². The first-order valence-electron chi connectivity index (χ1n) is 7.81. The number of amides is 2. The van der Waals surface area contributed by atoms with E-state index in [0.29, 0.717) is 25.9 Å². The van der Waals surface area contributed by atoms with Crippen molar-refractivity contribution in [3.8, 4) is 0 Å². The van der Waals surface area contributed by atoms with Crippen LogP contribution >= 0.6 is 45.1 Å². The summed E-state index contributed by atoms with van der Waals surface area (Å²) in [5.74, 6) is 3.25. The van der Waals surface area contributed by atoms with Crippen molar-refractivity contribution < 1.29 is 9.59 Å². The monoisotopic (exact) mass is 414 g/mol. The normalized spacial score (nSPS) is 13.3. The first-order chi connectivity index (χ1) is 11.5. The van der Waals surface area contributed by atoms with Crippen LogP contribution < -0.4 is 22.1 Å². The van der Waals surface area contributed by atoms with Gasteiger partial charge in [-0.3, -0.25) is 9.59 Å². The van der Waals surface area contributed by atoms with Crippen LogP contribution in [0, 0.1) is 0 Å². The maximum atomic E-state index is 11.7. The molecule has 0 bridgehead atoms. The van der Waals surface area contributed by atoms with Crippen molar-refractivity contribution >= 4 is 56.9 Å². The lowest BCUT2D eigenvalue weighted by Crippen LogP contribution is -2.41. The average Bonchev–Trinajstić information content (AvgIpc) is 2.59. The summed E-state index contributed by atoms with van der Waals surface area (Å²) in [6.07, 6.45) is 5.40. The number of nitrogens with one attached hydrogen (secondary N) is 2. The summed E-state index contributed by atoms with van der Waals surface area (Å²) in [4.78, 5) is 23.4. The van der Waals surface area contributed by atoms with Gasteiger partial charge in [0.05, 0.1) is 12.1 Å². The Morgan fingerprint density at radius 1 is 0.792 bits per heavy atom. The van der Waals surface area contributed by atoms with E-state index in [9.17, 15) is 9.59 Å². The van der Waals surface area contributed by atoms with Crippen LogP contribution in [-0.2, 0) is 9.59 Å². The standard InChI is InChI=1S/C14H30N4O2S4/c1-21-7-3-11(15)13(19)17-5-9-23-24-10-6-18-14(20)12(16)4-8-22-2/h11-12H,3-10,15-16H2,1-2H3,(H,17,19)(H,18,20). The molecule has 6 nitrogen and oxygen atoms in total. The Bertz CT molecular complexity index is 319. The first-order valence-corrected chi connectivity index (χ1v) is 13.1. The van der Waals surface area contributed by atoms with Gasteiger partial charge in [0, 0.05) is 24.6 Å². The third kappa shape index (κ3) is 13.5. The molecule has 2 unspecified atom stereocenters. The van der Waals surface area contributed by atoms with Crippen molar-refractivity contribution in [1.29, 1.82) is 0 Å². The highest BCUT2D eigenvalue weighted by Crippen LogP contribution is 2.19. The van der Waals surface area contributed by atoms with Crippen LogP contribution in [0.25, 0.3) is 0 Å². The van der Waals surface area contributed by atoms with Gasteiger partial charge in [0.15, 0.2) is 0 Å². The fourth-order valence-corrected chi connectivity index (χ4v) is 4.36. The molecule has 0 heterocycles. The van der Waals surface area contributed by atoms with E-state index in [1.54, 1.807) is 45.1 Å². The molecule has 0 aromatic rings. The third-order valence-electron chi connectivity index (χ3n) is 2.99. The van der Waals surface area contributed by atoms with Crippen molar-refractivity contribution in [2.45, 2.75) is 24.9 Å². The Morgan fingerprint density at radius 3 is 1.50 bits per heavy atom. The van der Waals surface area contributed by atoms with Gasteiger partial charge in [-0.05, 0) is 36.9 Å². The Hall–Kier alpha value is 0.260. The molecular weight excluding hydrogens is 384 g/mol. The summed E-state index contributed by atoms with van der Waals surface area (Å²) in [6, 6.07) is -0.832. The number of carbonyl (C=O) groups excluding carboxylic acids is 2. The van der Waals surface area contributed by atoms with Crippen molar-refractivity contribution in [2.75, 3.05) is 48.6 Å². The number of rotatable bonds is 15. The van der Waals surface area contributed by atoms with E-state index in [-0.39, 0.29) is 11.8 Å². The summed E-state index contributed by atoms with van der Waals surface area (Å²) < 4.78 is 0. The second-order valence-electron chi connectivity index (χ2n) is 5.00. The molecule has 6 N–H and O–H groups in total. The Kier molecular flexibility index (Phi) is 16.9. The second kappa shape index (κ2) is 16.7. The summed E-state index contributed by atoms with van der Waals surface area (Å²) >= 11 is 3.38. The van der Waals surface area contributed by atoms with Crippen LogP contribution in [0.3, 0.4) is 0 Å². The van der Waals surface area contributed by atoms with Gasteiger partial charge < -0.3 is 22.1 Å². The van der Waals surface area contributed by atoms with Crippen LogP contribution in [0.5, 0.6) is 0 Å². The van der Waals surface area contributed by atoms with Crippen molar-refractivity contribution in [3.63, 3.8) is 0 Å². The zero-order valence-corrected chi connectivity index (χ0v) is 17.7. The molecular formula is C14H30N4O2S4. The summed E-state index contributed by atoms with van der Waals surface area (Å²) in [7, 11) is 3.34. The highest BCUT2D eigenvalue weighted by Gasteiger charge is 2.12. The molecule has 24 heavy (non-hydrogen) atoms. The third-order valence-corrected chi connectivity index (χ3v) is 6.69. The van der Waals surface area contributed by atoms with Gasteiger partial charge in [-0.1, -0.05) is 21.6 Å². The van der Waals surface area contributed by atoms with Gasteiger partial charge in [-0.15, -0.1) is 0 Å². The predicted molar refractivity (Wildman–Crippen MR) is 113 cm³/mol. The molecule has 0 rings (SSSR count). The number of carbonyl (C=O) groups is 2. The molecule has 142 valence electrons. The van der Waals surface area contributed by atoms with E-state index in [4.69, 9.17) is 11.5 Å². The van der Waals surface area contributed by atoms with E-state index in [0.717, 1.165) is 23.0 Å². The zero-order valence-electron chi connectivity index (χ0n) is 14.4. The molecule has 0 aromatic heterocycles. The first kappa shape index (κ1) is 24.3. The molecule has 0 aliphatic carbocycles. The summed E-state index contributed by atoms with van der Waals surface area (Å²) in [6.45, 7) is 1.21. The molecule has 0 spiro atoms. The van der Waals surface area contributed by atoms with Gasteiger partial charge in [0.2, 0.25) is 11.8 Å². The van der Waals surface area contributed by atoms with E-state index in [1.165, 1.54) is 0 Å². The maximum absolute atomic E-state index is 11.7. The molecule has 0 radical (unpaired) electrons. The largest absolute Gasteiger partial charge is 0.354 e. The lowest BCUT2D eigenvalue weighted by atomic mass is 10.2. The van der Waals surface area contributed by atoms with Gasteiger partial charge in [-0.25, -0.2) is 0 Å². The summed E-state index contributed by atoms with van der Waals surface area (Å²) in [5.41, 5.74) is 11.6. The van der Waals surface area contributed by atoms with Gasteiger partial charge in [-0.2, -0.15) is 23.5 Å². The highest BCUT2D eigenvalue weighted by molar-refractivity contribution is 8.76.